The van der Waals surface area contributed by atoms with Gasteiger partial charge in [-0.25, -0.2) is 15.0 Å². The molecule has 2 aromatic heterocycles. The molecule has 0 saturated heterocycles. The molecule has 27 heavy (non-hydrogen) atoms. The van der Waals surface area contributed by atoms with E-state index in [-0.39, 0.29) is 5.15 Å². The number of hydrazone groups is 1. The van der Waals surface area contributed by atoms with E-state index >= 15 is 0 Å². The SMILES string of the molecule is COc1ccc2nc(Cl)c(C=NNc3nc4ccccc4nc3Cl)cc2c1. The van der Waals surface area contributed by atoms with Crippen molar-refractivity contribution in [2.24, 2.45) is 5.10 Å². The van der Waals surface area contributed by atoms with Crippen molar-refractivity contribution < 1.29 is 4.74 Å². The summed E-state index contributed by atoms with van der Waals surface area (Å²) in [4.78, 5) is 13.1. The van der Waals surface area contributed by atoms with E-state index in [1.54, 1.807) is 13.3 Å². The zero-order valence-electron chi connectivity index (χ0n) is 14.1. The summed E-state index contributed by atoms with van der Waals surface area (Å²) < 4.78 is 5.24. The van der Waals surface area contributed by atoms with Crippen molar-refractivity contribution in [2.75, 3.05) is 12.5 Å². The summed E-state index contributed by atoms with van der Waals surface area (Å²) in [6.07, 6.45) is 1.56. The monoisotopic (exact) mass is 397 g/mol. The van der Waals surface area contributed by atoms with E-state index < -0.39 is 0 Å². The van der Waals surface area contributed by atoms with Crippen molar-refractivity contribution in [1.29, 1.82) is 0 Å². The molecule has 0 saturated carbocycles. The molecule has 0 spiro atoms. The van der Waals surface area contributed by atoms with Crippen LogP contribution in [0.3, 0.4) is 0 Å². The van der Waals surface area contributed by atoms with E-state index in [1.807, 2.05) is 48.5 Å². The first-order chi connectivity index (χ1) is 13.1. The van der Waals surface area contributed by atoms with Gasteiger partial charge < -0.3 is 4.74 Å². The fourth-order valence-electron chi connectivity index (χ4n) is 2.58. The van der Waals surface area contributed by atoms with Crippen LogP contribution >= 0.6 is 23.2 Å². The zero-order chi connectivity index (χ0) is 18.8. The predicted octanol–water partition coefficient (Wildman–Crippen LogP) is 4.94. The van der Waals surface area contributed by atoms with E-state index in [2.05, 4.69) is 25.5 Å². The van der Waals surface area contributed by atoms with Crippen LogP contribution in [0.25, 0.3) is 21.9 Å². The molecule has 2 heterocycles. The van der Waals surface area contributed by atoms with Gasteiger partial charge in [0.25, 0.3) is 0 Å². The molecule has 6 nitrogen and oxygen atoms in total. The van der Waals surface area contributed by atoms with Crippen molar-refractivity contribution in [3.05, 3.63) is 64.4 Å². The van der Waals surface area contributed by atoms with E-state index in [4.69, 9.17) is 27.9 Å². The number of benzene rings is 2. The predicted molar refractivity (Wildman–Crippen MR) is 109 cm³/mol. The Hall–Kier alpha value is -2.96. The number of anilines is 1. The van der Waals surface area contributed by atoms with Crippen molar-refractivity contribution in [2.45, 2.75) is 0 Å². The molecule has 4 aromatic rings. The van der Waals surface area contributed by atoms with Gasteiger partial charge in [-0.2, -0.15) is 5.10 Å². The number of rotatable bonds is 4. The third-order valence-corrected chi connectivity index (χ3v) is 4.47. The van der Waals surface area contributed by atoms with Crippen LogP contribution in [0.2, 0.25) is 10.3 Å². The van der Waals surface area contributed by atoms with Crippen LogP contribution in [0.4, 0.5) is 5.82 Å². The minimum atomic E-state index is 0.235. The summed E-state index contributed by atoms with van der Waals surface area (Å²) in [6.45, 7) is 0. The van der Waals surface area contributed by atoms with Crippen molar-refractivity contribution >= 4 is 57.2 Å². The van der Waals surface area contributed by atoms with Gasteiger partial charge in [-0.15, -0.1) is 0 Å². The van der Waals surface area contributed by atoms with Gasteiger partial charge in [-0.05, 0) is 36.4 Å². The summed E-state index contributed by atoms with van der Waals surface area (Å²) in [7, 11) is 1.62. The van der Waals surface area contributed by atoms with Gasteiger partial charge in [-0.1, -0.05) is 35.3 Å². The van der Waals surface area contributed by atoms with Crippen molar-refractivity contribution in [1.82, 2.24) is 15.0 Å². The number of fused-ring (bicyclic) bond motifs is 2. The Morgan fingerprint density at radius 3 is 2.44 bits per heavy atom. The Kier molecular flexibility index (Phi) is 4.75. The number of ether oxygens (including phenoxy) is 1. The van der Waals surface area contributed by atoms with Crippen LogP contribution in [-0.4, -0.2) is 28.3 Å². The Bertz CT molecular complexity index is 1180. The smallest absolute Gasteiger partial charge is 0.185 e. The average Bonchev–Trinajstić information content (AvgIpc) is 2.68. The van der Waals surface area contributed by atoms with Crippen molar-refractivity contribution in [3.63, 3.8) is 0 Å². The second-order valence-electron chi connectivity index (χ2n) is 5.65. The second-order valence-corrected chi connectivity index (χ2v) is 6.36. The lowest BCUT2D eigenvalue weighted by atomic mass is 10.1. The largest absolute Gasteiger partial charge is 0.497 e. The fraction of sp³-hybridized carbons (Fsp3) is 0.0526. The van der Waals surface area contributed by atoms with Gasteiger partial charge >= 0.3 is 0 Å². The van der Waals surface area contributed by atoms with E-state index in [1.165, 1.54) is 0 Å². The molecule has 134 valence electrons. The number of hydrogen-bond acceptors (Lipinski definition) is 6. The van der Waals surface area contributed by atoms with Crippen LogP contribution in [0.1, 0.15) is 5.56 Å². The number of halogens is 2. The number of aromatic nitrogens is 3. The van der Waals surface area contributed by atoms with E-state index in [0.717, 1.165) is 22.2 Å². The maximum absolute atomic E-state index is 6.25. The number of pyridine rings is 1. The molecule has 8 heteroatoms. The topological polar surface area (TPSA) is 72.3 Å². The molecule has 0 aliphatic carbocycles. The van der Waals surface area contributed by atoms with Crippen LogP contribution in [-0.2, 0) is 0 Å². The zero-order valence-corrected chi connectivity index (χ0v) is 15.7. The molecule has 0 aliphatic heterocycles. The first-order valence-electron chi connectivity index (χ1n) is 8.00. The highest BCUT2D eigenvalue weighted by molar-refractivity contribution is 6.32. The molecule has 0 amide bonds. The third-order valence-electron chi connectivity index (χ3n) is 3.90. The van der Waals surface area contributed by atoms with Crippen molar-refractivity contribution in [3.8, 4) is 5.75 Å². The van der Waals surface area contributed by atoms with Gasteiger partial charge in [0.05, 0.1) is 29.9 Å². The number of methoxy groups -OCH3 is 1. The molecule has 0 fully saturated rings. The lowest BCUT2D eigenvalue weighted by molar-refractivity contribution is 0.415. The molecular weight excluding hydrogens is 385 g/mol. The molecule has 2 aromatic carbocycles. The lowest BCUT2D eigenvalue weighted by Crippen LogP contribution is -1.98. The van der Waals surface area contributed by atoms with Gasteiger partial charge in [0.15, 0.2) is 11.0 Å². The van der Waals surface area contributed by atoms with Crippen LogP contribution in [0, 0.1) is 0 Å². The van der Waals surface area contributed by atoms with Crippen LogP contribution in [0.5, 0.6) is 5.75 Å². The Morgan fingerprint density at radius 2 is 1.67 bits per heavy atom. The quantitative estimate of drug-likeness (QED) is 0.300. The number of hydrogen-bond donors (Lipinski definition) is 1. The summed E-state index contributed by atoms with van der Waals surface area (Å²) >= 11 is 12.4. The summed E-state index contributed by atoms with van der Waals surface area (Å²) in [5, 5.41) is 5.64. The molecule has 0 radical (unpaired) electrons. The minimum Gasteiger partial charge on any atom is -0.497 e. The molecular formula is C19H13Cl2N5O. The highest BCUT2D eigenvalue weighted by Crippen LogP contribution is 2.24. The highest BCUT2D eigenvalue weighted by atomic mass is 35.5. The number of para-hydroxylation sites is 2. The molecule has 1 N–H and O–H groups in total. The number of nitrogens with one attached hydrogen (secondary N) is 1. The maximum Gasteiger partial charge on any atom is 0.185 e. The summed E-state index contributed by atoms with van der Waals surface area (Å²) in [6, 6.07) is 14.9. The average molecular weight is 398 g/mol. The maximum atomic E-state index is 6.25. The summed E-state index contributed by atoms with van der Waals surface area (Å²) in [5.74, 6) is 1.10. The Labute approximate surface area is 164 Å². The van der Waals surface area contributed by atoms with Gasteiger partial charge in [-0.3, -0.25) is 5.43 Å². The van der Waals surface area contributed by atoms with Gasteiger partial charge in [0.2, 0.25) is 0 Å². The Morgan fingerprint density at radius 1 is 0.926 bits per heavy atom. The normalized spacial score (nSPS) is 11.4. The fourth-order valence-corrected chi connectivity index (χ4v) is 2.95. The molecule has 0 atom stereocenters. The molecule has 0 unspecified atom stereocenters. The highest BCUT2D eigenvalue weighted by Gasteiger charge is 2.07. The lowest BCUT2D eigenvalue weighted by Gasteiger charge is -2.05. The number of nitrogens with zero attached hydrogens (tertiary/aromatic N) is 4. The molecule has 0 aliphatic rings. The second kappa shape index (κ2) is 7.34. The van der Waals surface area contributed by atoms with E-state index in [0.29, 0.717) is 22.1 Å². The summed E-state index contributed by atoms with van der Waals surface area (Å²) in [5.41, 5.74) is 5.66. The van der Waals surface area contributed by atoms with Gasteiger partial charge in [0.1, 0.15) is 10.9 Å². The van der Waals surface area contributed by atoms with Gasteiger partial charge in [0, 0.05) is 10.9 Å². The Balaban J connectivity index is 1.63. The molecule has 4 rings (SSSR count). The minimum absolute atomic E-state index is 0.235. The van der Waals surface area contributed by atoms with Crippen LogP contribution in [0.15, 0.2) is 53.6 Å². The molecule has 0 bridgehead atoms. The van der Waals surface area contributed by atoms with Crippen LogP contribution < -0.4 is 10.2 Å². The first-order valence-corrected chi connectivity index (χ1v) is 8.75. The van der Waals surface area contributed by atoms with E-state index in [9.17, 15) is 0 Å². The standard InChI is InChI=1S/C19H13Cl2N5O/c1-27-13-6-7-14-11(9-13)8-12(17(20)23-14)10-22-26-19-18(21)24-15-4-2-3-5-16(15)25-19/h2-10H,1H3,(H,25,26). The third kappa shape index (κ3) is 3.63. The first kappa shape index (κ1) is 17.5.